The molecular weight excluding hydrogens is 198 g/mol. The quantitative estimate of drug-likeness (QED) is 0.533. The number of carboxylic acids is 1. The zero-order valence-corrected chi connectivity index (χ0v) is 9.46. The molecule has 0 bridgehead atoms. The predicted octanol–water partition coefficient (Wildman–Crippen LogP) is 1.25. The summed E-state index contributed by atoms with van der Waals surface area (Å²) in [6.45, 7) is 6.32. The predicted molar refractivity (Wildman–Crippen MR) is 55.0 cm³/mol. The van der Waals surface area contributed by atoms with Gasteiger partial charge in [0, 0.05) is 5.57 Å². The summed E-state index contributed by atoms with van der Waals surface area (Å²) in [5.74, 6) is -1.65. The van der Waals surface area contributed by atoms with E-state index in [1.54, 1.807) is 13.0 Å². The van der Waals surface area contributed by atoms with Crippen molar-refractivity contribution in [1.29, 1.82) is 0 Å². The van der Waals surface area contributed by atoms with E-state index >= 15 is 0 Å². The molecule has 0 rings (SSSR count). The molecule has 86 valence electrons. The molecule has 0 aromatic carbocycles. The fourth-order valence-electron chi connectivity index (χ4n) is 0.688. The minimum atomic E-state index is -1.29. The van der Waals surface area contributed by atoms with Gasteiger partial charge in [-0.25, -0.2) is 4.79 Å². The largest absolute Gasteiger partial charge is 0.480 e. The average Bonchev–Trinajstić information content (AvgIpc) is 2.14. The third kappa shape index (κ3) is 4.60. The number of carboxylic acid groups (broad SMARTS) is 1. The Hall–Kier alpha value is -1.36. The van der Waals surface area contributed by atoms with Gasteiger partial charge in [-0.3, -0.25) is 4.79 Å². The number of hydroxylamine groups is 1. The van der Waals surface area contributed by atoms with Gasteiger partial charge in [-0.05, 0) is 27.2 Å². The molecule has 0 unspecified atom stereocenters. The monoisotopic (exact) mass is 215 g/mol. The first-order valence-corrected chi connectivity index (χ1v) is 4.69. The van der Waals surface area contributed by atoms with Gasteiger partial charge in [0.15, 0.2) is 0 Å². The number of aliphatic carboxylic acids is 1. The van der Waals surface area contributed by atoms with Crippen LogP contribution in [-0.4, -0.2) is 22.6 Å². The number of hydrogen-bond acceptors (Lipinski definition) is 4. The highest BCUT2D eigenvalue weighted by molar-refractivity contribution is 5.87. The molecule has 0 radical (unpaired) electrons. The van der Waals surface area contributed by atoms with Gasteiger partial charge in [0.2, 0.25) is 0 Å². The van der Waals surface area contributed by atoms with Crippen molar-refractivity contribution >= 4 is 11.9 Å². The second-order valence-corrected chi connectivity index (χ2v) is 3.72. The lowest BCUT2D eigenvalue weighted by molar-refractivity contribution is -0.160. The molecule has 0 spiro atoms. The third-order valence-electron chi connectivity index (χ3n) is 1.77. The Bertz CT molecular complexity index is 281. The van der Waals surface area contributed by atoms with Gasteiger partial charge < -0.3 is 9.94 Å². The molecule has 0 fully saturated rings. The van der Waals surface area contributed by atoms with Crippen molar-refractivity contribution < 1.29 is 19.5 Å². The van der Waals surface area contributed by atoms with E-state index in [0.717, 1.165) is 6.42 Å². The Morgan fingerprint density at radius 3 is 2.40 bits per heavy atom. The highest BCUT2D eigenvalue weighted by Crippen LogP contribution is 2.04. The van der Waals surface area contributed by atoms with E-state index < -0.39 is 17.5 Å². The lowest BCUT2D eigenvalue weighted by Crippen LogP contribution is -2.47. The topological polar surface area (TPSA) is 75.6 Å². The number of allylic oxidation sites excluding steroid dienone is 1. The van der Waals surface area contributed by atoms with E-state index in [1.165, 1.54) is 13.8 Å². The Kier molecular flexibility index (Phi) is 5.00. The molecule has 0 saturated carbocycles. The minimum Gasteiger partial charge on any atom is -0.480 e. The molecule has 5 heteroatoms. The van der Waals surface area contributed by atoms with E-state index in [4.69, 9.17) is 5.11 Å². The summed E-state index contributed by atoms with van der Waals surface area (Å²) in [7, 11) is 0. The summed E-state index contributed by atoms with van der Waals surface area (Å²) < 4.78 is 0. The van der Waals surface area contributed by atoms with Crippen LogP contribution in [-0.2, 0) is 14.4 Å². The molecule has 0 aliphatic rings. The molecule has 0 aliphatic carbocycles. The second-order valence-electron chi connectivity index (χ2n) is 3.72. The van der Waals surface area contributed by atoms with Crippen molar-refractivity contribution in [3.8, 4) is 0 Å². The van der Waals surface area contributed by atoms with E-state index in [0.29, 0.717) is 5.57 Å². The molecule has 15 heavy (non-hydrogen) atoms. The zero-order valence-electron chi connectivity index (χ0n) is 9.46. The maximum Gasteiger partial charge on any atom is 0.352 e. The van der Waals surface area contributed by atoms with Crippen LogP contribution in [0.25, 0.3) is 0 Å². The van der Waals surface area contributed by atoms with Crippen molar-refractivity contribution in [2.24, 2.45) is 0 Å². The van der Waals surface area contributed by atoms with Crippen LogP contribution in [0.3, 0.4) is 0 Å². The Morgan fingerprint density at radius 1 is 1.47 bits per heavy atom. The lowest BCUT2D eigenvalue weighted by atomic mass is 10.1. The zero-order chi connectivity index (χ0) is 12.1. The second kappa shape index (κ2) is 5.50. The molecule has 0 aliphatic heterocycles. The first kappa shape index (κ1) is 13.6. The van der Waals surface area contributed by atoms with Crippen molar-refractivity contribution in [1.82, 2.24) is 5.48 Å². The standard InChI is InChI=1S/C10H17NO4/c1-5-6-7(2)8(12)15-11-10(3,4)9(13)14/h6,11H,5H2,1-4H3,(H,13,14). The molecule has 0 amide bonds. The van der Waals surface area contributed by atoms with Crippen LogP contribution in [0.2, 0.25) is 0 Å². The van der Waals surface area contributed by atoms with Crippen molar-refractivity contribution in [3.63, 3.8) is 0 Å². The Balaban J connectivity index is 4.23. The summed E-state index contributed by atoms with van der Waals surface area (Å²) >= 11 is 0. The van der Waals surface area contributed by atoms with Crippen LogP contribution in [0.5, 0.6) is 0 Å². The van der Waals surface area contributed by atoms with Crippen LogP contribution in [0.4, 0.5) is 0 Å². The number of carbonyl (C=O) groups is 2. The fraction of sp³-hybridized carbons (Fsp3) is 0.600. The summed E-state index contributed by atoms with van der Waals surface area (Å²) in [5.41, 5.74) is 1.37. The molecule has 0 aromatic rings. The summed E-state index contributed by atoms with van der Waals surface area (Å²) in [5, 5.41) is 8.73. The summed E-state index contributed by atoms with van der Waals surface area (Å²) in [6, 6.07) is 0. The highest BCUT2D eigenvalue weighted by Gasteiger charge is 2.28. The first-order chi connectivity index (χ1) is 6.81. The molecule has 0 saturated heterocycles. The molecule has 5 nitrogen and oxygen atoms in total. The SMILES string of the molecule is CCC=C(C)C(=O)ONC(C)(C)C(=O)O. The van der Waals surface area contributed by atoms with Gasteiger partial charge in [-0.2, -0.15) is 0 Å². The van der Waals surface area contributed by atoms with Crippen LogP contribution < -0.4 is 5.48 Å². The van der Waals surface area contributed by atoms with Gasteiger partial charge in [0.25, 0.3) is 0 Å². The smallest absolute Gasteiger partial charge is 0.352 e. The van der Waals surface area contributed by atoms with Gasteiger partial charge in [-0.1, -0.05) is 13.0 Å². The van der Waals surface area contributed by atoms with Crippen molar-refractivity contribution in [3.05, 3.63) is 11.6 Å². The van der Waals surface area contributed by atoms with Crippen LogP contribution >= 0.6 is 0 Å². The molecular formula is C10H17NO4. The number of hydrogen-bond donors (Lipinski definition) is 2. The average molecular weight is 215 g/mol. The third-order valence-corrected chi connectivity index (χ3v) is 1.77. The Labute approximate surface area is 89.1 Å². The van der Waals surface area contributed by atoms with Gasteiger partial charge in [-0.15, -0.1) is 5.48 Å². The van der Waals surface area contributed by atoms with Gasteiger partial charge in [0.1, 0.15) is 5.54 Å². The van der Waals surface area contributed by atoms with Crippen LogP contribution in [0.15, 0.2) is 11.6 Å². The molecule has 0 atom stereocenters. The number of carbonyl (C=O) groups excluding carboxylic acids is 1. The molecule has 2 N–H and O–H groups in total. The van der Waals surface area contributed by atoms with Crippen molar-refractivity contribution in [2.45, 2.75) is 39.7 Å². The normalized spacial score (nSPS) is 12.4. The molecule has 0 heterocycles. The van der Waals surface area contributed by atoms with Crippen molar-refractivity contribution in [2.75, 3.05) is 0 Å². The maximum absolute atomic E-state index is 11.3. The minimum absolute atomic E-state index is 0.450. The van der Waals surface area contributed by atoms with Crippen LogP contribution in [0.1, 0.15) is 34.1 Å². The summed E-state index contributed by atoms with van der Waals surface area (Å²) in [6.07, 6.45) is 2.43. The van der Waals surface area contributed by atoms with E-state index in [2.05, 4.69) is 10.3 Å². The van der Waals surface area contributed by atoms with Crippen LogP contribution in [0, 0.1) is 0 Å². The summed E-state index contributed by atoms with van der Waals surface area (Å²) in [4.78, 5) is 26.6. The molecule has 0 aromatic heterocycles. The maximum atomic E-state index is 11.3. The van der Waals surface area contributed by atoms with E-state index in [-0.39, 0.29) is 0 Å². The number of nitrogens with one attached hydrogen (secondary N) is 1. The van der Waals surface area contributed by atoms with Gasteiger partial charge in [0.05, 0.1) is 0 Å². The lowest BCUT2D eigenvalue weighted by Gasteiger charge is -2.19. The highest BCUT2D eigenvalue weighted by atomic mass is 16.7. The number of rotatable bonds is 5. The first-order valence-electron chi connectivity index (χ1n) is 4.69. The Morgan fingerprint density at radius 2 is 2.00 bits per heavy atom. The fourth-order valence-corrected chi connectivity index (χ4v) is 0.688. The van der Waals surface area contributed by atoms with E-state index in [1.807, 2.05) is 6.92 Å². The van der Waals surface area contributed by atoms with Gasteiger partial charge >= 0.3 is 11.9 Å². The van der Waals surface area contributed by atoms with E-state index in [9.17, 15) is 9.59 Å².